The van der Waals surface area contributed by atoms with Crippen molar-refractivity contribution in [3.8, 4) is 0 Å². The van der Waals surface area contributed by atoms with Crippen LogP contribution in [0.4, 0.5) is 0 Å². The Labute approximate surface area is 127 Å². The second-order valence-electron chi connectivity index (χ2n) is 6.09. The molecule has 1 saturated carbocycles. The van der Waals surface area contributed by atoms with Gasteiger partial charge in [0.05, 0.1) is 11.5 Å². The molecule has 116 valence electrons. The van der Waals surface area contributed by atoms with E-state index in [9.17, 15) is 8.42 Å². The van der Waals surface area contributed by atoms with E-state index in [0.717, 1.165) is 18.4 Å². The summed E-state index contributed by atoms with van der Waals surface area (Å²) in [6.45, 7) is 2.93. The summed E-state index contributed by atoms with van der Waals surface area (Å²) in [6.07, 6.45) is 5.51. The predicted octanol–water partition coefficient (Wildman–Crippen LogP) is 2.92. The summed E-state index contributed by atoms with van der Waals surface area (Å²) in [5.41, 5.74) is 1.07. The SMILES string of the molecule is Cc1ccc(S(=O)(=O)N2CCOC2C2CCCCC2)cc1. The number of rotatable bonds is 3. The topological polar surface area (TPSA) is 46.6 Å². The average molecular weight is 309 g/mol. The van der Waals surface area contributed by atoms with Crippen LogP contribution in [-0.4, -0.2) is 32.1 Å². The van der Waals surface area contributed by atoms with E-state index in [1.54, 1.807) is 16.4 Å². The van der Waals surface area contributed by atoms with Crippen LogP contribution in [0.1, 0.15) is 37.7 Å². The maximum atomic E-state index is 12.8. The number of hydrogen-bond donors (Lipinski definition) is 0. The van der Waals surface area contributed by atoms with Gasteiger partial charge in [-0.15, -0.1) is 0 Å². The van der Waals surface area contributed by atoms with Crippen LogP contribution >= 0.6 is 0 Å². The summed E-state index contributed by atoms with van der Waals surface area (Å²) < 4.78 is 33.0. The first-order valence-electron chi connectivity index (χ1n) is 7.79. The van der Waals surface area contributed by atoms with Gasteiger partial charge in [0.25, 0.3) is 0 Å². The van der Waals surface area contributed by atoms with E-state index in [1.165, 1.54) is 19.3 Å². The largest absolute Gasteiger partial charge is 0.360 e. The zero-order chi connectivity index (χ0) is 14.9. The van der Waals surface area contributed by atoms with Gasteiger partial charge in [-0.05, 0) is 37.8 Å². The molecule has 1 aliphatic heterocycles. The van der Waals surface area contributed by atoms with Crippen LogP contribution in [0.15, 0.2) is 29.2 Å². The van der Waals surface area contributed by atoms with E-state index in [0.29, 0.717) is 24.0 Å². The van der Waals surface area contributed by atoms with Crippen molar-refractivity contribution in [3.63, 3.8) is 0 Å². The summed E-state index contributed by atoms with van der Waals surface area (Å²) in [5, 5.41) is 0. The van der Waals surface area contributed by atoms with Gasteiger partial charge in [0.15, 0.2) is 0 Å². The zero-order valence-corrected chi connectivity index (χ0v) is 13.3. The molecule has 0 spiro atoms. The molecular formula is C16H23NO3S. The fourth-order valence-electron chi connectivity index (χ4n) is 3.37. The molecular weight excluding hydrogens is 286 g/mol. The van der Waals surface area contributed by atoms with Gasteiger partial charge in [0, 0.05) is 6.54 Å². The van der Waals surface area contributed by atoms with Gasteiger partial charge in [-0.3, -0.25) is 0 Å². The average Bonchev–Trinajstić information content (AvgIpc) is 2.99. The Balaban J connectivity index is 1.84. The maximum absolute atomic E-state index is 12.8. The minimum absolute atomic E-state index is 0.267. The number of hydrogen-bond acceptors (Lipinski definition) is 3. The minimum atomic E-state index is -3.45. The lowest BCUT2D eigenvalue weighted by Crippen LogP contribution is -2.41. The first kappa shape index (κ1) is 15.0. The van der Waals surface area contributed by atoms with Crippen molar-refractivity contribution in [1.82, 2.24) is 4.31 Å². The summed E-state index contributed by atoms with van der Waals surface area (Å²) in [7, 11) is -3.45. The van der Waals surface area contributed by atoms with Crippen LogP contribution in [0.25, 0.3) is 0 Å². The van der Waals surface area contributed by atoms with E-state index >= 15 is 0 Å². The van der Waals surface area contributed by atoms with Gasteiger partial charge in [0.1, 0.15) is 6.23 Å². The second kappa shape index (κ2) is 6.07. The molecule has 1 heterocycles. The molecule has 1 aromatic rings. The lowest BCUT2D eigenvalue weighted by molar-refractivity contribution is 0.00505. The molecule has 0 amide bonds. The molecule has 21 heavy (non-hydrogen) atoms. The van der Waals surface area contributed by atoms with Crippen LogP contribution < -0.4 is 0 Å². The third kappa shape index (κ3) is 3.00. The van der Waals surface area contributed by atoms with Crippen molar-refractivity contribution < 1.29 is 13.2 Å². The third-order valence-electron chi connectivity index (χ3n) is 4.56. The zero-order valence-electron chi connectivity index (χ0n) is 12.5. The smallest absolute Gasteiger partial charge is 0.245 e. The van der Waals surface area contributed by atoms with Crippen molar-refractivity contribution >= 4 is 10.0 Å². The summed E-state index contributed by atoms with van der Waals surface area (Å²) >= 11 is 0. The number of benzene rings is 1. The monoisotopic (exact) mass is 309 g/mol. The molecule has 3 rings (SSSR count). The normalized spacial score (nSPS) is 25.3. The quantitative estimate of drug-likeness (QED) is 0.862. The van der Waals surface area contributed by atoms with Crippen LogP contribution in [0.3, 0.4) is 0 Å². The van der Waals surface area contributed by atoms with Gasteiger partial charge in [-0.2, -0.15) is 4.31 Å². The highest BCUT2D eigenvalue weighted by molar-refractivity contribution is 7.89. The van der Waals surface area contributed by atoms with E-state index in [4.69, 9.17) is 4.74 Å². The van der Waals surface area contributed by atoms with Crippen molar-refractivity contribution in [2.24, 2.45) is 5.92 Å². The van der Waals surface area contributed by atoms with Crippen LogP contribution in [0.5, 0.6) is 0 Å². The number of nitrogens with zero attached hydrogens (tertiary/aromatic N) is 1. The molecule has 2 fully saturated rings. The van der Waals surface area contributed by atoms with Gasteiger partial charge in [0.2, 0.25) is 10.0 Å². The standard InChI is InChI=1S/C16H23NO3S/c1-13-7-9-15(10-8-13)21(18,19)17-11-12-20-16(17)14-5-3-2-4-6-14/h7-10,14,16H,2-6,11-12H2,1H3. The molecule has 2 aliphatic rings. The van der Waals surface area contributed by atoms with Gasteiger partial charge >= 0.3 is 0 Å². The molecule has 0 radical (unpaired) electrons. The Morgan fingerprint density at radius 2 is 1.76 bits per heavy atom. The fraction of sp³-hybridized carbons (Fsp3) is 0.625. The molecule has 1 aliphatic carbocycles. The highest BCUT2D eigenvalue weighted by atomic mass is 32.2. The Kier molecular flexibility index (Phi) is 4.33. The lowest BCUT2D eigenvalue weighted by atomic mass is 9.88. The van der Waals surface area contributed by atoms with Gasteiger partial charge < -0.3 is 4.74 Å². The van der Waals surface area contributed by atoms with Crippen molar-refractivity contribution in [2.45, 2.75) is 50.2 Å². The molecule has 4 nitrogen and oxygen atoms in total. The second-order valence-corrected chi connectivity index (χ2v) is 7.98. The molecule has 1 unspecified atom stereocenters. The van der Waals surface area contributed by atoms with Crippen molar-refractivity contribution in [3.05, 3.63) is 29.8 Å². The molecule has 0 aromatic heterocycles. The maximum Gasteiger partial charge on any atom is 0.245 e. The first-order valence-corrected chi connectivity index (χ1v) is 9.23. The van der Waals surface area contributed by atoms with Crippen LogP contribution in [0, 0.1) is 12.8 Å². The first-order chi connectivity index (χ1) is 10.1. The van der Waals surface area contributed by atoms with E-state index in [1.807, 2.05) is 19.1 Å². The molecule has 5 heteroatoms. The van der Waals surface area contributed by atoms with Gasteiger partial charge in [-0.25, -0.2) is 8.42 Å². The lowest BCUT2D eigenvalue weighted by Gasteiger charge is -2.32. The fourth-order valence-corrected chi connectivity index (χ4v) is 4.94. The summed E-state index contributed by atoms with van der Waals surface area (Å²) in [4.78, 5) is 0.374. The molecule has 0 bridgehead atoms. The van der Waals surface area contributed by atoms with E-state index in [2.05, 4.69) is 0 Å². The summed E-state index contributed by atoms with van der Waals surface area (Å²) in [6, 6.07) is 7.08. The number of aryl methyl sites for hydroxylation is 1. The van der Waals surface area contributed by atoms with Crippen molar-refractivity contribution in [1.29, 1.82) is 0 Å². The highest BCUT2D eigenvalue weighted by Gasteiger charge is 2.40. The highest BCUT2D eigenvalue weighted by Crippen LogP contribution is 2.34. The van der Waals surface area contributed by atoms with Crippen molar-refractivity contribution in [2.75, 3.05) is 13.2 Å². The molecule has 1 saturated heterocycles. The van der Waals surface area contributed by atoms with E-state index in [-0.39, 0.29) is 6.23 Å². The number of sulfonamides is 1. The Bertz CT molecular complexity index is 576. The molecule has 1 aromatic carbocycles. The Morgan fingerprint density at radius 1 is 1.10 bits per heavy atom. The van der Waals surface area contributed by atoms with Crippen LogP contribution in [-0.2, 0) is 14.8 Å². The third-order valence-corrected chi connectivity index (χ3v) is 6.44. The van der Waals surface area contributed by atoms with Crippen LogP contribution in [0.2, 0.25) is 0 Å². The Hall–Kier alpha value is -0.910. The molecule has 0 N–H and O–H groups in total. The number of ether oxygens (including phenoxy) is 1. The summed E-state index contributed by atoms with van der Waals surface area (Å²) in [5.74, 6) is 0.349. The predicted molar refractivity (Wildman–Crippen MR) is 81.4 cm³/mol. The molecule has 1 atom stereocenters. The minimum Gasteiger partial charge on any atom is -0.360 e. The Morgan fingerprint density at radius 3 is 2.43 bits per heavy atom. The van der Waals surface area contributed by atoms with Gasteiger partial charge in [-0.1, -0.05) is 37.0 Å². The van der Waals surface area contributed by atoms with E-state index < -0.39 is 10.0 Å².